The highest BCUT2D eigenvalue weighted by atomic mass is 32.1. The van der Waals surface area contributed by atoms with Crippen LogP contribution in [0, 0.1) is 19.8 Å². The molecule has 1 saturated carbocycles. The molecule has 4 nitrogen and oxygen atoms in total. The number of rotatable bonds is 5. The van der Waals surface area contributed by atoms with Crippen molar-refractivity contribution in [2.75, 3.05) is 6.54 Å². The smallest absolute Gasteiger partial charge is 0.170 e. The summed E-state index contributed by atoms with van der Waals surface area (Å²) >= 11 is 5.78. The van der Waals surface area contributed by atoms with Gasteiger partial charge in [0.1, 0.15) is 0 Å². The summed E-state index contributed by atoms with van der Waals surface area (Å²) < 4.78 is 2.59. The fourth-order valence-electron chi connectivity index (χ4n) is 5.16. The maximum Gasteiger partial charge on any atom is 0.170 e. The van der Waals surface area contributed by atoms with E-state index in [1.807, 2.05) is 12.3 Å². The van der Waals surface area contributed by atoms with Gasteiger partial charge in [0.2, 0.25) is 0 Å². The lowest BCUT2D eigenvalue weighted by Crippen LogP contribution is -2.33. The van der Waals surface area contributed by atoms with Gasteiger partial charge in [-0.1, -0.05) is 32.8 Å². The van der Waals surface area contributed by atoms with Gasteiger partial charge in [-0.15, -0.1) is 0 Å². The Labute approximate surface area is 174 Å². The van der Waals surface area contributed by atoms with Crippen LogP contribution in [0.15, 0.2) is 30.5 Å². The van der Waals surface area contributed by atoms with Crippen molar-refractivity contribution in [1.29, 1.82) is 0 Å². The highest BCUT2D eigenvalue weighted by Gasteiger charge is 2.41. The van der Waals surface area contributed by atoms with Gasteiger partial charge in [-0.2, -0.15) is 0 Å². The van der Waals surface area contributed by atoms with E-state index in [0.29, 0.717) is 12.0 Å². The third kappa shape index (κ3) is 3.45. The van der Waals surface area contributed by atoms with Crippen LogP contribution in [0.1, 0.15) is 80.3 Å². The number of nitrogens with one attached hydrogen (secondary N) is 1. The van der Waals surface area contributed by atoms with Crippen LogP contribution in [-0.2, 0) is 0 Å². The summed E-state index contributed by atoms with van der Waals surface area (Å²) in [4.78, 5) is 7.05. The summed E-state index contributed by atoms with van der Waals surface area (Å²) in [7, 11) is 0. The first-order chi connectivity index (χ1) is 13.5. The topological polar surface area (TPSA) is 33.1 Å². The summed E-state index contributed by atoms with van der Waals surface area (Å²) in [6.45, 7) is 10.0. The molecule has 1 aliphatic heterocycles. The third-order valence-electron chi connectivity index (χ3n) is 6.29. The molecular weight excluding hydrogens is 364 g/mol. The van der Waals surface area contributed by atoms with Crippen LogP contribution in [-0.4, -0.2) is 26.1 Å². The third-order valence-corrected chi connectivity index (χ3v) is 6.64. The summed E-state index contributed by atoms with van der Waals surface area (Å²) in [6.07, 6.45) is 7.18. The molecule has 1 N–H and O–H groups in total. The number of thiocarbonyl (C=S) groups is 1. The van der Waals surface area contributed by atoms with E-state index in [0.717, 1.165) is 17.4 Å². The van der Waals surface area contributed by atoms with Crippen molar-refractivity contribution >= 4 is 17.3 Å². The second kappa shape index (κ2) is 7.86. The lowest BCUT2D eigenvalue weighted by Gasteiger charge is -2.29. The molecule has 4 rings (SSSR count). The number of hydrogen-bond acceptors (Lipinski definition) is 2. The zero-order chi connectivity index (χ0) is 19.8. The number of pyridine rings is 1. The van der Waals surface area contributed by atoms with Gasteiger partial charge in [-0.3, -0.25) is 4.98 Å². The normalized spacial score (nSPS) is 23.0. The molecule has 2 fully saturated rings. The summed E-state index contributed by atoms with van der Waals surface area (Å²) in [5, 5.41) is 4.43. The highest BCUT2D eigenvalue weighted by Crippen LogP contribution is 2.43. The molecule has 2 aliphatic rings. The fraction of sp³-hybridized carbons (Fsp3) is 0.565. The zero-order valence-corrected chi connectivity index (χ0v) is 18.3. The van der Waals surface area contributed by atoms with Crippen molar-refractivity contribution in [1.82, 2.24) is 19.8 Å². The minimum atomic E-state index is 0.0879. The standard InChI is InChI=1S/C23H32N4S/c1-15(2)14-26-22(21(25-23(26)28)20-11-7-8-12-24-20)19-13-16(3)27(17(19)4)18-9-5-6-10-18/h7-8,11-13,15,18,21-22H,5-6,9-10,14H2,1-4H3,(H,25,28)/t21-,22+/m0/s1. The molecule has 0 bridgehead atoms. The van der Waals surface area contributed by atoms with Gasteiger partial charge in [-0.05, 0) is 68.6 Å². The van der Waals surface area contributed by atoms with E-state index in [1.165, 1.54) is 42.6 Å². The van der Waals surface area contributed by atoms with E-state index < -0.39 is 0 Å². The van der Waals surface area contributed by atoms with Crippen LogP contribution in [0.4, 0.5) is 0 Å². The Morgan fingerprint density at radius 2 is 1.96 bits per heavy atom. The second-order valence-electron chi connectivity index (χ2n) is 8.81. The lowest BCUT2D eigenvalue weighted by atomic mass is 9.96. The minimum Gasteiger partial charge on any atom is -0.352 e. The summed E-state index contributed by atoms with van der Waals surface area (Å²) in [6, 6.07) is 9.48. The maximum absolute atomic E-state index is 5.78. The molecule has 0 unspecified atom stereocenters. The second-order valence-corrected chi connectivity index (χ2v) is 9.19. The van der Waals surface area contributed by atoms with E-state index in [9.17, 15) is 0 Å². The van der Waals surface area contributed by atoms with E-state index in [2.05, 4.69) is 65.7 Å². The highest BCUT2D eigenvalue weighted by molar-refractivity contribution is 7.80. The Bertz CT molecular complexity index is 836. The molecule has 2 atom stereocenters. The molecule has 5 heteroatoms. The van der Waals surface area contributed by atoms with Crippen molar-refractivity contribution in [3.63, 3.8) is 0 Å². The average molecular weight is 397 g/mol. The van der Waals surface area contributed by atoms with Crippen LogP contribution >= 0.6 is 12.2 Å². The molecule has 0 spiro atoms. The molecule has 1 aliphatic carbocycles. The van der Waals surface area contributed by atoms with Crippen molar-refractivity contribution in [2.24, 2.45) is 5.92 Å². The van der Waals surface area contributed by atoms with E-state index in [1.54, 1.807) is 0 Å². The number of aromatic nitrogens is 2. The predicted octanol–water partition coefficient (Wildman–Crippen LogP) is 5.24. The van der Waals surface area contributed by atoms with E-state index in [4.69, 9.17) is 12.2 Å². The Morgan fingerprint density at radius 1 is 1.21 bits per heavy atom. The Morgan fingerprint density at radius 3 is 2.61 bits per heavy atom. The zero-order valence-electron chi connectivity index (χ0n) is 17.5. The van der Waals surface area contributed by atoms with Crippen LogP contribution < -0.4 is 5.32 Å². The number of hydrogen-bond donors (Lipinski definition) is 1. The average Bonchev–Trinajstić information content (AvgIpc) is 3.35. The predicted molar refractivity (Wildman–Crippen MR) is 118 cm³/mol. The molecule has 1 saturated heterocycles. The summed E-state index contributed by atoms with van der Waals surface area (Å²) in [5.41, 5.74) is 5.23. The monoisotopic (exact) mass is 396 g/mol. The molecule has 2 aromatic heterocycles. The first kappa shape index (κ1) is 19.4. The van der Waals surface area contributed by atoms with Crippen LogP contribution in [0.5, 0.6) is 0 Å². The van der Waals surface area contributed by atoms with Gasteiger partial charge in [0.05, 0.1) is 17.8 Å². The molecule has 3 heterocycles. The van der Waals surface area contributed by atoms with Crippen LogP contribution in [0.2, 0.25) is 0 Å². The largest absolute Gasteiger partial charge is 0.352 e. The SMILES string of the molecule is Cc1cc([C@@H]2[C@H](c3ccccn3)NC(=S)N2CC(C)C)c(C)n1C1CCCC1. The fourth-order valence-corrected chi connectivity index (χ4v) is 5.48. The first-order valence-electron chi connectivity index (χ1n) is 10.6. The van der Waals surface area contributed by atoms with Gasteiger partial charge < -0.3 is 14.8 Å². The van der Waals surface area contributed by atoms with Crippen LogP contribution in [0.3, 0.4) is 0 Å². The summed E-state index contributed by atoms with van der Waals surface area (Å²) in [5.74, 6) is 0.544. The van der Waals surface area contributed by atoms with Crippen LogP contribution in [0.25, 0.3) is 0 Å². The molecular formula is C23H32N4S. The lowest BCUT2D eigenvalue weighted by molar-refractivity contribution is 0.286. The maximum atomic E-state index is 5.78. The first-order valence-corrected chi connectivity index (χ1v) is 11.0. The van der Waals surface area contributed by atoms with Crippen molar-refractivity contribution < 1.29 is 0 Å². The number of nitrogens with zero attached hydrogens (tertiary/aromatic N) is 3. The quantitative estimate of drug-likeness (QED) is 0.700. The molecule has 0 radical (unpaired) electrons. The molecule has 28 heavy (non-hydrogen) atoms. The minimum absolute atomic E-state index is 0.0879. The van der Waals surface area contributed by atoms with Crippen molar-refractivity contribution in [2.45, 2.75) is 71.5 Å². The Kier molecular flexibility index (Phi) is 5.46. The van der Waals surface area contributed by atoms with E-state index in [-0.39, 0.29) is 12.1 Å². The Balaban J connectivity index is 1.78. The van der Waals surface area contributed by atoms with Crippen molar-refractivity contribution in [3.05, 3.63) is 53.1 Å². The molecule has 0 aromatic carbocycles. The van der Waals surface area contributed by atoms with Gasteiger partial charge >= 0.3 is 0 Å². The van der Waals surface area contributed by atoms with E-state index >= 15 is 0 Å². The number of aryl methyl sites for hydroxylation is 1. The Hall–Kier alpha value is -1.88. The molecule has 2 aromatic rings. The van der Waals surface area contributed by atoms with Gasteiger partial charge in [0.25, 0.3) is 0 Å². The molecule has 150 valence electrons. The molecule has 0 amide bonds. The van der Waals surface area contributed by atoms with Gasteiger partial charge in [0.15, 0.2) is 5.11 Å². The van der Waals surface area contributed by atoms with Gasteiger partial charge in [0, 0.05) is 30.2 Å². The van der Waals surface area contributed by atoms with Crippen molar-refractivity contribution in [3.8, 4) is 0 Å². The van der Waals surface area contributed by atoms with Gasteiger partial charge in [-0.25, -0.2) is 0 Å².